The molecule has 0 aliphatic heterocycles. The maximum absolute atomic E-state index is 11.6. The molecule has 0 fully saturated rings. The molecule has 0 saturated heterocycles. The van der Waals surface area contributed by atoms with Crippen LogP contribution in [0.25, 0.3) is 0 Å². The minimum absolute atomic E-state index is 0.146. The second kappa shape index (κ2) is 6.18. The average molecular weight is 287 g/mol. The lowest BCUT2D eigenvalue weighted by atomic mass is 10.4. The molecule has 2 N–H and O–H groups in total. The summed E-state index contributed by atoms with van der Waals surface area (Å²) in [5, 5.41) is 11.2. The molecule has 19 heavy (non-hydrogen) atoms. The second-order valence-corrected chi connectivity index (χ2v) is 4.06. The number of hydrogen-bond acceptors (Lipinski definition) is 8. The molecule has 0 aromatic carbocycles. The van der Waals surface area contributed by atoms with Crippen molar-refractivity contribution in [2.24, 2.45) is 0 Å². The van der Waals surface area contributed by atoms with E-state index in [4.69, 9.17) is 10.5 Å². The number of nitro groups is 1. The van der Waals surface area contributed by atoms with Crippen LogP contribution in [-0.4, -0.2) is 40.9 Å². The van der Waals surface area contributed by atoms with Crippen LogP contribution in [0.1, 0.15) is 6.92 Å². The van der Waals surface area contributed by atoms with E-state index in [1.807, 2.05) is 0 Å². The van der Waals surface area contributed by atoms with Crippen LogP contribution in [0.3, 0.4) is 0 Å². The lowest BCUT2D eigenvalue weighted by Crippen LogP contribution is -2.29. The number of carbonyl (C=O) groups excluding carboxylic acids is 1. The Morgan fingerprint density at radius 3 is 2.68 bits per heavy atom. The summed E-state index contributed by atoms with van der Waals surface area (Å²) < 4.78 is 4.76. The molecule has 0 bridgehead atoms. The van der Waals surface area contributed by atoms with Gasteiger partial charge in [0, 0.05) is 7.05 Å². The lowest BCUT2D eigenvalue weighted by molar-refractivity contribution is -0.383. The van der Waals surface area contributed by atoms with E-state index in [9.17, 15) is 14.9 Å². The van der Waals surface area contributed by atoms with Crippen molar-refractivity contribution < 1.29 is 14.5 Å². The molecule has 1 aromatic rings. The van der Waals surface area contributed by atoms with E-state index < -0.39 is 16.7 Å². The minimum atomic E-state index is -0.754. The van der Waals surface area contributed by atoms with Crippen LogP contribution in [-0.2, 0) is 4.74 Å². The number of hydrogen-bond donors (Lipinski definition) is 1. The van der Waals surface area contributed by atoms with Gasteiger partial charge in [0.15, 0.2) is 5.16 Å². The molecule has 0 aliphatic rings. The second-order valence-electron chi connectivity index (χ2n) is 3.28. The van der Waals surface area contributed by atoms with Gasteiger partial charge in [-0.05, 0) is 13.2 Å². The molecule has 1 heterocycles. The SMILES string of the molecule is CCOC(=O)N(C)c1nc(SC)nc(N)c1[N+](=O)[O-]. The molecule has 1 amide bonds. The number of nitrogens with two attached hydrogens (primary N) is 1. The molecular weight excluding hydrogens is 274 g/mol. The largest absolute Gasteiger partial charge is 0.449 e. The number of ether oxygens (including phenoxy) is 1. The Morgan fingerprint density at radius 1 is 1.58 bits per heavy atom. The first-order valence-electron chi connectivity index (χ1n) is 5.18. The van der Waals surface area contributed by atoms with Crippen LogP contribution in [0.15, 0.2) is 5.16 Å². The quantitative estimate of drug-likeness (QED) is 0.380. The molecule has 0 saturated carbocycles. The van der Waals surface area contributed by atoms with E-state index in [1.165, 1.54) is 7.05 Å². The predicted molar refractivity (Wildman–Crippen MR) is 70.3 cm³/mol. The predicted octanol–water partition coefficient (Wildman–Crippen LogP) is 1.28. The smallest absolute Gasteiger partial charge is 0.415 e. The Hall–Kier alpha value is -2.10. The van der Waals surface area contributed by atoms with Gasteiger partial charge in [-0.25, -0.2) is 4.79 Å². The van der Waals surface area contributed by atoms with Gasteiger partial charge in [-0.2, -0.15) is 9.97 Å². The van der Waals surface area contributed by atoms with E-state index in [2.05, 4.69) is 9.97 Å². The average Bonchev–Trinajstić information content (AvgIpc) is 2.36. The molecule has 0 radical (unpaired) electrons. The van der Waals surface area contributed by atoms with Crippen molar-refractivity contribution in [3.63, 3.8) is 0 Å². The van der Waals surface area contributed by atoms with E-state index in [-0.39, 0.29) is 23.4 Å². The third-order valence-electron chi connectivity index (χ3n) is 2.10. The highest BCUT2D eigenvalue weighted by atomic mass is 32.2. The van der Waals surface area contributed by atoms with Crippen LogP contribution in [0, 0.1) is 10.1 Å². The number of nitrogen functional groups attached to an aromatic ring is 1. The summed E-state index contributed by atoms with van der Waals surface area (Å²) in [6, 6.07) is 0. The van der Waals surface area contributed by atoms with Crippen molar-refractivity contribution in [1.29, 1.82) is 0 Å². The summed E-state index contributed by atoms with van der Waals surface area (Å²) in [5.74, 6) is -0.490. The van der Waals surface area contributed by atoms with Gasteiger partial charge in [0.05, 0.1) is 11.5 Å². The Bertz CT molecular complexity index is 510. The molecule has 0 spiro atoms. The summed E-state index contributed by atoms with van der Waals surface area (Å²) in [4.78, 5) is 30.5. The topological polar surface area (TPSA) is 124 Å². The first-order valence-corrected chi connectivity index (χ1v) is 6.41. The summed E-state index contributed by atoms with van der Waals surface area (Å²) >= 11 is 1.16. The first kappa shape index (κ1) is 15.0. The van der Waals surface area contributed by atoms with Crippen molar-refractivity contribution in [3.05, 3.63) is 10.1 Å². The van der Waals surface area contributed by atoms with Crippen molar-refractivity contribution in [1.82, 2.24) is 9.97 Å². The summed E-state index contributed by atoms with van der Waals surface area (Å²) in [7, 11) is 1.32. The Morgan fingerprint density at radius 2 is 2.21 bits per heavy atom. The highest BCUT2D eigenvalue weighted by Gasteiger charge is 2.29. The molecule has 9 nitrogen and oxygen atoms in total. The molecular formula is C9H13N5O4S. The number of thioether (sulfide) groups is 1. The summed E-state index contributed by atoms with van der Waals surface area (Å²) in [6.07, 6.45) is 0.935. The van der Waals surface area contributed by atoms with E-state index in [1.54, 1.807) is 13.2 Å². The van der Waals surface area contributed by atoms with Crippen molar-refractivity contribution in [2.75, 3.05) is 30.5 Å². The molecule has 1 aromatic heterocycles. The number of anilines is 2. The van der Waals surface area contributed by atoms with Crippen LogP contribution in [0.5, 0.6) is 0 Å². The molecule has 0 aliphatic carbocycles. The van der Waals surface area contributed by atoms with Crippen LogP contribution >= 0.6 is 11.8 Å². The zero-order valence-electron chi connectivity index (χ0n) is 10.6. The standard InChI is InChI=1S/C9H13N5O4S/c1-4-18-9(15)13(2)7-5(14(16)17)6(10)11-8(12-7)19-3/h4H2,1-3H3,(H2,10,11,12). The van der Waals surface area contributed by atoms with Crippen LogP contribution < -0.4 is 10.6 Å². The zero-order chi connectivity index (χ0) is 14.6. The van der Waals surface area contributed by atoms with Gasteiger partial charge in [0.2, 0.25) is 11.6 Å². The molecule has 10 heteroatoms. The van der Waals surface area contributed by atoms with Gasteiger partial charge in [-0.15, -0.1) is 0 Å². The number of aromatic nitrogens is 2. The number of nitrogens with zero attached hydrogens (tertiary/aromatic N) is 4. The molecule has 0 atom stereocenters. The van der Waals surface area contributed by atoms with Crippen LogP contribution in [0.2, 0.25) is 0 Å². The normalized spacial score (nSPS) is 10.1. The fourth-order valence-electron chi connectivity index (χ4n) is 1.25. The first-order chi connectivity index (χ1) is 8.92. The highest BCUT2D eigenvalue weighted by Crippen LogP contribution is 2.32. The van der Waals surface area contributed by atoms with Gasteiger partial charge in [-0.1, -0.05) is 11.8 Å². The van der Waals surface area contributed by atoms with Gasteiger partial charge < -0.3 is 10.5 Å². The summed E-state index contributed by atoms with van der Waals surface area (Å²) in [5.41, 5.74) is 5.01. The van der Waals surface area contributed by atoms with Gasteiger partial charge in [0.1, 0.15) is 0 Å². The molecule has 0 unspecified atom stereocenters. The summed E-state index contributed by atoms with van der Waals surface area (Å²) in [6.45, 7) is 1.77. The van der Waals surface area contributed by atoms with E-state index in [0.717, 1.165) is 16.7 Å². The third-order valence-corrected chi connectivity index (χ3v) is 2.64. The highest BCUT2D eigenvalue weighted by molar-refractivity contribution is 7.98. The Kier molecular flexibility index (Phi) is 4.87. The monoisotopic (exact) mass is 287 g/mol. The number of carbonyl (C=O) groups is 1. The Balaban J connectivity index is 3.34. The van der Waals surface area contributed by atoms with Crippen molar-refractivity contribution in [3.8, 4) is 0 Å². The van der Waals surface area contributed by atoms with Gasteiger partial charge >= 0.3 is 11.8 Å². The van der Waals surface area contributed by atoms with Crippen LogP contribution in [0.4, 0.5) is 22.1 Å². The van der Waals surface area contributed by atoms with Crippen molar-refractivity contribution in [2.45, 2.75) is 12.1 Å². The maximum atomic E-state index is 11.6. The fraction of sp³-hybridized carbons (Fsp3) is 0.444. The third kappa shape index (κ3) is 3.22. The maximum Gasteiger partial charge on any atom is 0.415 e. The minimum Gasteiger partial charge on any atom is -0.449 e. The van der Waals surface area contributed by atoms with E-state index >= 15 is 0 Å². The van der Waals surface area contributed by atoms with Gasteiger partial charge in [-0.3, -0.25) is 15.0 Å². The van der Waals surface area contributed by atoms with E-state index in [0.29, 0.717) is 0 Å². The van der Waals surface area contributed by atoms with Gasteiger partial charge in [0.25, 0.3) is 0 Å². The number of rotatable bonds is 4. The molecule has 1 rings (SSSR count). The fourth-order valence-corrected chi connectivity index (χ4v) is 1.61. The number of amides is 1. The molecule has 104 valence electrons. The zero-order valence-corrected chi connectivity index (χ0v) is 11.4. The van der Waals surface area contributed by atoms with Crippen molar-refractivity contribution >= 4 is 35.2 Å². The lowest BCUT2D eigenvalue weighted by Gasteiger charge is -2.16. The Labute approximate surface area is 113 Å².